The molecule has 0 bridgehead atoms. The number of carbonyl (C=O) groups is 1. The molecule has 3 nitrogen and oxygen atoms in total. The first-order valence-corrected chi connectivity index (χ1v) is 6.85. The van der Waals surface area contributed by atoms with Gasteiger partial charge in [-0.3, -0.25) is 4.79 Å². The molecule has 3 N–H and O–H groups in total. The van der Waals surface area contributed by atoms with Gasteiger partial charge in [-0.25, -0.2) is 0 Å². The summed E-state index contributed by atoms with van der Waals surface area (Å²) in [5.74, 6) is 0.456. The van der Waals surface area contributed by atoms with E-state index in [4.69, 9.17) is 5.73 Å². The number of carbonyl (C=O) groups excluding carboxylic acids is 1. The third-order valence-electron chi connectivity index (χ3n) is 3.78. The number of benzene rings is 1. The Bertz CT molecular complexity index is 417. The second-order valence-electron chi connectivity index (χ2n) is 6.43. The number of nitrogens with one attached hydrogen (secondary N) is 1. The minimum absolute atomic E-state index is 0.0141. The van der Waals surface area contributed by atoms with Gasteiger partial charge in [0.1, 0.15) is 0 Å². The van der Waals surface area contributed by atoms with Crippen LogP contribution in [0.2, 0.25) is 0 Å². The van der Waals surface area contributed by atoms with E-state index in [2.05, 4.69) is 33.0 Å². The molecule has 0 aliphatic heterocycles. The van der Waals surface area contributed by atoms with Gasteiger partial charge >= 0.3 is 0 Å². The van der Waals surface area contributed by atoms with Gasteiger partial charge < -0.3 is 11.1 Å². The van der Waals surface area contributed by atoms with Gasteiger partial charge in [-0.2, -0.15) is 0 Å². The third kappa shape index (κ3) is 4.93. The van der Waals surface area contributed by atoms with E-state index in [1.807, 2.05) is 31.2 Å². The summed E-state index contributed by atoms with van der Waals surface area (Å²) in [7, 11) is 0. The smallest absolute Gasteiger partial charge is 0.220 e. The van der Waals surface area contributed by atoms with Crippen LogP contribution in [0, 0.1) is 11.3 Å². The Morgan fingerprint density at radius 2 is 1.74 bits per heavy atom. The van der Waals surface area contributed by atoms with Crippen LogP contribution in [0.5, 0.6) is 0 Å². The van der Waals surface area contributed by atoms with Crippen LogP contribution in [0.25, 0.3) is 0 Å². The standard InChI is InChI=1S/C16H26N2O/c1-11(16(3,4)5)10-15(19)18-12(2)13-6-8-14(17)9-7-13/h6-9,11-12H,10,17H2,1-5H3,(H,18,19). The van der Waals surface area contributed by atoms with Crippen LogP contribution in [0.1, 0.15) is 52.6 Å². The molecule has 0 heterocycles. The topological polar surface area (TPSA) is 55.1 Å². The van der Waals surface area contributed by atoms with Crippen molar-refractivity contribution in [2.75, 3.05) is 5.73 Å². The van der Waals surface area contributed by atoms with Gasteiger partial charge in [0.15, 0.2) is 0 Å². The fourth-order valence-corrected chi connectivity index (χ4v) is 1.75. The average Bonchev–Trinajstić information content (AvgIpc) is 2.28. The summed E-state index contributed by atoms with van der Waals surface area (Å²) in [4.78, 5) is 12.0. The van der Waals surface area contributed by atoms with Crippen molar-refractivity contribution in [3.05, 3.63) is 29.8 Å². The Kier molecular flexibility index (Phi) is 4.98. The minimum atomic E-state index is 0.0141. The molecule has 1 aromatic rings. The van der Waals surface area contributed by atoms with Crippen molar-refractivity contribution in [2.45, 2.75) is 47.1 Å². The van der Waals surface area contributed by atoms with Gasteiger partial charge in [-0.15, -0.1) is 0 Å². The molecule has 0 fully saturated rings. The Hall–Kier alpha value is -1.51. The molecule has 0 saturated carbocycles. The monoisotopic (exact) mass is 262 g/mol. The van der Waals surface area contributed by atoms with Crippen molar-refractivity contribution in [3.63, 3.8) is 0 Å². The van der Waals surface area contributed by atoms with Crippen LogP contribution in [-0.2, 0) is 4.79 Å². The number of rotatable bonds is 4. The summed E-state index contributed by atoms with van der Waals surface area (Å²) in [5.41, 5.74) is 7.62. The van der Waals surface area contributed by atoms with Crippen molar-refractivity contribution >= 4 is 11.6 Å². The molecule has 0 aliphatic carbocycles. The summed E-state index contributed by atoms with van der Waals surface area (Å²) in [6.07, 6.45) is 0.558. The highest BCUT2D eigenvalue weighted by Crippen LogP contribution is 2.28. The fourth-order valence-electron chi connectivity index (χ4n) is 1.75. The van der Waals surface area contributed by atoms with Crippen molar-refractivity contribution in [2.24, 2.45) is 11.3 Å². The summed E-state index contributed by atoms with van der Waals surface area (Å²) < 4.78 is 0. The molecule has 19 heavy (non-hydrogen) atoms. The van der Waals surface area contributed by atoms with E-state index >= 15 is 0 Å². The van der Waals surface area contributed by atoms with Gasteiger partial charge in [-0.05, 0) is 36.0 Å². The lowest BCUT2D eigenvalue weighted by molar-refractivity contribution is -0.123. The maximum absolute atomic E-state index is 12.0. The zero-order valence-electron chi connectivity index (χ0n) is 12.7. The number of hydrogen-bond acceptors (Lipinski definition) is 2. The Balaban J connectivity index is 2.55. The van der Waals surface area contributed by atoms with E-state index in [9.17, 15) is 4.79 Å². The molecular weight excluding hydrogens is 236 g/mol. The fraction of sp³-hybridized carbons (Fsp3) is 0.562. The molecule has 1 aromatic carbocycles. The predicted octanol–water partition coefficient (Wildman–Crippen LogP) is 3.52. The SMILES string of the molecule is CC(NC(=O)CC(C)C(C)(C)C)c1ccc(N)cc1. The molecule has 0 aliphatic rings. The van der Waals surface area contributed by atoms with Crippen LogP contribution in [-0.4, -0.2) is 5.91 Å². The highest BCUT2D eigenvalue weighted by molar-refractivity contribution is 5.76. The molecule has 0 saturated heterocycles. The van der Waals surface area contributed by atoms with Crippen LogP contribution in [0.15, 0.2) is 24.3 Å². The molecule has 2 atom stereocenters. The van der Waals surface area contributed by atoms with E-state index in [0.717, 1.165) is 11.3 Å². The molecule has 2 unspecified atom stereocenters. The van der Waals surface area contributed by atoms with E-state index in [0.29, 0.717) is 12.3 Å². The van der Waals surface area contributed by atoms with Crippen molar-refractivity contribution in [1.29, 1.82) is 0 Å². The first kappa shape index (κ1) is 15.5. The number of amides is 1. The quantitative estimate of drug-likeness (QED) is 0.816. The molecule has 3 heteroatoms. The van der Waals surface area contributed by atoms with Crippen LogP contribution >= 0.6 is 0 Å². The Labute approximate surface area is 116 Å². The van der Waals surface area contributed by atoms with Crippen LogP contribution in [0.4, 0.5) is 5.69 Å². The molecular formula is C16H26N2O. The van der Waals surface area contributed by atoms with Gasteiger partial charge in [-0.1, -0.05) is 39.8 Å². The van der Waals surface area contributed by atoms with Gasteiger partial charge in [0.2, 0.25) is 5.91 Å². The van der Waals surface area contributed by atoms with Crippen molar-refractivity contribution in [1.82, 2.24) is 5.32 Å². The summed E-state index contributed by atoms with van der Waals surface area (Å²) >= 11 is 0. The number of nitrogens with two attached hydrogens (primary N) is 1. The number of nitrogen functional groups attached to an aromatic ring is 1. The zero-order chi connectivity index (χ0) is 14.6. The molecule has 1 rings (SSSR count). The van der Waals surface area contributed by atoms with Crippen molar-refractivity contribution < 1.29 is 4.79 Å². The summed E-state index contributed by atoms with van der Waals surface area (Å²) in [5, 5.41) is 3.04. The highest BCUT2D eigenvalue weighted by atomic mass is 16.1. The lowest BCUT2D eigenvalue weighted by Crippen LogP contribution is -2.31. The summed E-state index contributed by atoms with van der Waals surface area (Å²) in [6.45, 7) is 10.6. The Morgan fingerprint density at radius 3 is 2.21 bits per heavy atom. The van der Waals surface area contributed by atoms with E-state index < -0.39 is 0 Å². The van der Waals surface area contributed by atoms with Gasteiger partial charge in [0, 0.05) is 12.1 Å². The lowest BCUT2D eigenvalue weighted by atomic mass is 9.80. The zero-order valence-corrected chi connectivity index (χ0v) is 12.7. The third-order valence-corrected chi connectivity index (χ3v) is 3.78. The van der Waals surface area contributed by atoms with E-state index in [-0.39, 0.29) is 17.4 Å². The molecule has 0 spiro atoms. The minimum Gasteiger partial charge on any atom is -0.399 e. The largest absolute Gasteiger partial charge is 0.399 e. The maximum atomic E-state index is 12.0. The van der Waals surface area contributed by atoms with Crippen LogP contribution in [0.3, 0.4) is 0 Å². The predicted molar refractivity (Wildman–Crippen MR) is 80.6 cm³/mol. The molecule has 0 radical (unpaired) electrons. The first-order valence-electron chi connectivity index (χ1n) is 6.85. The van der Waals surface area contributed by atoms with Crippen molar-refractivity contribution in [3.8, 4) is 0 Å². The average molecular weight is 262 g/mol. The Morgan fingerprint density at radius 1 is 1.21 bits per heavy atom. The first-order chi connectivity index (χ1) is 8.70. The van der Waals surface area contributed by atoms with Crippen LogP contribution < -0.4 is 11.1 Å². The van der Waals surface area contributed by atoms with Gasteiger partial charge in [0.25, 0.3) is 0 Å². The second-order valence-corrected chi connectivity index (χ2v) is 6.43. The van der Waals surface area contributed by atoms with E-state index in [1.165, 1.54) is 0 Å². The van der Waals surface area contributed by atoms with E-state index in [1.54, 1.807) is 0 Å². The van der Waals surface area contributed by atoms with Gasteiger partial charge in [0.05, 0.1) is 6.04 Å². The second kappa shape index (κ2) is 6.09. The highest BCUT2D eigenvalue weighted by Gasteiger charge is 2.23. The summed E-state index contributed by atoms with van der Waals surface area (Å²) in [6, 6.07) is 7.63. The molecule has 1 amide bonds. The maximum Gasteiger partial charge on any atom is 0.220 e. The number of hydrogen-bond donors (Lipinski definition) is 2. The molecule has 106 valence electrons. The lowest BCUT2D eigenvalue weighted by Gasteiger charge is -2.27. The molecule has 0 aromatic heterocycles. The normalized spacial score (nSPS) is 14.8. The number of anilines is 1.